The van der Waals surface area contributed by atoms with Gasteiger partial charge in [0.05, 0.1) is 12.8 Å². The average molecular weight is 264 g/mol. The molecule has 2 aromatic rings. The molecule has 94 valence electrons. The van der Waals surface area contributed by atoms with Gasteiger partial charge in [-0.25, -0.2) is 4.79 Å². The first-order valence-electron chi connectivity index (χ1n) is 5.36. The number of hydrogen-bond acceptors (Lipinski definition) is 6. The number of ether oxygens (including phenoxy) is 1. The summed E-state index contributed by atoms with van der Waals surface area (Å²) < 4.78 is 6.43. The minimum Gasteiger partial charge on any atom is -0.464 e. The Morgan fingerprint density at radius 3 is 3.06 bits per heavy atom. The van der Waals surface area contributed by atoms with Gasteiger partial charge < -0.3 is 4.74 Å². The van der Waals surface area contributed by atoms with E-state index in [9.17, 15) is 4.79 Å². The molecule has 0 aliphatic rings. The number of rotatable bonds is 4. The molecular weight excluding hydrogens is 252 g/mol. The van der Waals surface area contributed by atoms with Crippen LogP contribution < -0.4 is 0 Å². The summed E-state index contributed by atoms with van der Waals surface area (Å²) in [5, 5.41) is 12.7. The molecule has 0 atom stereocenters. The number of methoxy groups -OCH3 is 1. The molecule has 0 aliphatic carbocycles. The topological polar surface area (TPSA) is 69.9 Å². The summed E-state index contributed by atoms with van der Waals surface area (Å²) in [6, 6.07) is 1.91. The fourth-order valence-corrected chi connectivity index (χ4v) is 2.04. The van der Waals surface area contributed by atoms with Crippen LogP contribution in [0.5, 0.6) is 0 Å². The van der Waals surface area contributed by atoms with Crippen LogP contribution in [0, 0.1) is 0 Å². The van der Waals surface area contributed by atoms with Crippen LogP contribution in [0.15, 0.2) is 12.3 Å². The highest BCUT2D eigenvalue weighted by Crippen LogP contribution is 2.14. The Balaban J connectivity index is 2.14. The van der Waals surface area contributed by atoms with Crippen LogP contribution in [0.1, 0.15) is 27.4 Å². The van der Waals surface area contributed by atoms with Crippen molar-refractivity contribution in [3.05, 3.63) is 28.0 Å². The molecule has 0 spiro atoms. The van der Waals surface area contributed by atoms with Crippen LogP contribution >= 0.6 is 11.3 Å². The Morgan fingerprint density at radius 2 is 2.33 bits per heavy atom. The quantitative estimate of drug-likeness (QED) is 0.786. The third kappa shape index (κ3) is 2.62. The van der Waals surface area contributed by atoms with Gasteiger partial charge in [0, 0.05) is 12.7 Å². The highest BCUT2D eigenvalue weighted by Gasteiger charge is 2.11. The predicted molar refractivity (Wildman–Crippen MR) is 68.1 cm³/mol. The first kappa shape index (κ1) is 12.4. The second-order valence-electron chi connectivity index (χ2n) is 3.34. The van der Waals surface area contributed by atoms with Gasteiger partial charge in [-0.15, -0.1) is 10.2 Å². The maximum atomic E-state index is 11.2. The van der Waals surface area contributed by atoms with Crippen molar-refractivity contribution >= 4 is 29.5 Å². The normalized spacial score (nSPS) is 11.0. The Bertz CT molecular complexity index is 573. The molecule has 0 saturated heterocycles. The first-order valence-corrected chi connectivity index (χ1v) is 6.18. The highest BCUT2D eigenvalue weighted by molar-refractivity contribution is 7.14. The summed E-state index contributed by atoms with van der Waals surface area (Å²) in [5.74, 6) is -0.467. The van der Waals surface area contributed by atoms with Crippen LogP contribution in [-0.4, -0.2) is 33.1 Å². The van der Waals surface area contributed by atoms with Gasteiger partial charge in [0.25, 0.3) is 0 Å². The molecule has 0 aliphatic heterocycles. The van der Waals surface area contributed by atoms with E-state index in [1.807, 2.05) is 23.7 Å². The van der Waals surface area contributed by atoms with Crippen LogP contribution in [-0.2, 0) is 11.3 Å². The van der Waals surface area contributed by atoms with Crippen molar-refractivity contribution in [1.29, 1.82) is 0 Å². The third-order valence-electron chi connectivity index (χ3n) is 2.25. The molecule has 2 heterocycles. The standard InChI is InChI=1S/C11H12N4O2S/c1-3-15-8(6-7-12-15)4-5-9-13-14-10(18-9)11(16)17-2/h4-7H,3H2,1-2H3/b5-4+. The van der Waals surface area contributed by atoms with E-state index >= 15 is 0 Å². The molecule has 6 nitrogen and oxygen atoms in total. The number of esters is 1. The van der Waals surface area contributed by atoms with E-state index < -0.39 is 5.97 Å². The Labute approximate surface area is 108 Å². The highest BCUT2D eigenvalue weighted by atomic mass is 32.1. The minimum atomic E-state index is -0.467. The molecule has 0 N–H and O–H groups in total. The van der Waals surface area contributed by atoms with Crippen LogP contribution in [0.2, 0.25) is 0 Å². The van der Waals surface area contributed by atoms with Gasteiger partial charge in [0.2, 0.25) is 5.01 Å². The maximum absolute atomic E-state index is 11.2. The molecule has 0 radical (unpaired) electrons. The lowest BCUT2D eigenvalue weighted by molar-refractivity contribution is 0.0599. The van der Waals surface area contributed by atoms with E-state index in [1.165, 1.54) is 18.4 Å². The lowest BCUT2D eigenvalue weighted by atomic mass is 10.4. The summed E-state index contributed by atoms with van der Waals surface area (Å²) in [7, 11) is 1.32. The van der Waals surface area contributed by atoms with E-state index in [4.69, 9.17) is 0 Å². The number of carbonyl (C=O) groups excluding carboxylic acids is 1. The molecular formula is C11H12N4O2S. The van der Waals surface area contributed by atoms with Crippen LogP contribution in [0.3, 0.4) is 0 Å². The molecule has 2 rings (SSSR count). The van der Waals surface area contributed by atoms with Crippen LogP contribution in [0.4, 0.5) is 0 Å². The molecule has 18 heavy (non-hydrogen) atoms. The van der Waals surface area contributed by atoms with Crippen molar-refractivity contribution in [3.8, 4) is 0 Å². The smallest absolute Gasteiger partial charge is 0.369 e. The molecule has 0 saturated carbocycles. The fourth-order valence-electron chi connectivity index (χ4n) is 1.38. The first-order chi connectivity index (χ1) is 8.74. The Hall–Kier alpha value is -2.02. The van der Waals surface area contributed by atoms with Crippen molar-refractivity contribution in [2.45, 2.75) is 13.5 Å². The van der Waals surface area contributed by atoms with Crippen molar-refractivity contribution < 1.29 is 9.53 Å². The molecule has 0 unspecified atom stereocenters. The Kier molecular flexibility index (Phi) is 3.83. The second kappa shape index (κ2) is 5.54. The van der Waals surface area contributed by atoms with Crippen molar-refractivity contribution in [3.63, 3.8) is 0 Å². The van der Waals surface area contributed by atoms with E-state index in [2.05, 4.69) is 20.0 Å². The number of nitrogens with zero attached hydrogens (tertiary/aromatic N) is 4. The predicted octanol–water partition coefficient (Wildman–Crippen LogP) is 1.71. The molecule has 2 aromatic heterocycles. The van der Waals surface area contributed by atoms with Crippen LogP contribution in [0.25, 0.3) is 12.2 Å². The van der Waals surface area contributed by atoms with Crippen molar-refractivity contribution in [2.75, 3.05) is 7.11 Å². The summed E-state index contributed by atoms with van der Waals surface area (Å²) in [6.07, 6.45) is 5.43. The average Bonchev–Trinajstić information content (AvgIpc) is 3.03. The molecule has 0 fully saturated rings. The monoisotopic (exact) mass is 264 g/mol. The van der Waals surface area contributed by atoms with E-state index in [1.54, 1.807) is 12.3 Å². The van der Waals surface area contributed by atoms with E-state index in [0.29, 0.717) is 5.01 Å². The Morgan fingerprint density at radius 1 is 1.50 bits per heavy atom. The number of carbonyl (C=O) groups is 1. The summed E-state index contributed by atoms with van der Waals surface area (Å²) in [6.45, 7) is 2.82. The second-order valence-corrected chi connectivity index (χ2v) is 4.35. The SMILES string of the molecule is CCn1nccc1/C=C/c1nnc(C(=O)OC)s1. The van der Waals surface area contributed by atoms with E-state index in [-0.39, 0.29) is 5.01 Å². The zero-order chi connectivity index (χ0) is 13.0. The summed E-state index contributed by atoms with van der Waals surface area (Å²) in [5.41, 5.74) is 0.979. The van der Waals surface area contributed by atoms with Gasteiger partial charge in [0.15, 0.2) is 0 Å². The zero-order valence-electron chi connectivity index (χ0n) is 10.0. The van der Waals surface area contributed by atoms with Gasteiger partial charge >= 0.3 is 5.97 Å². The fraction of sp³-hybridized carbons (Fsp3) is 0.273. The molecule has 0 bridgehead atoms. The van der Waals surface area contributed by atoms with Crippen molar-refractivity contribution in [1.82, 2.24) is 20.0 Å². The van der Waals surface area contributed by atoms with E-state index in [0.717, 1.165) is 12.2 Å². The lowest BCUT2D eigenvalue weighted by Crippen LogP contribution is -1.99. The summed E-state index contributed by atoms with van der Waals surface area (Å²) in [4.78, 5) is 11.2. The molecule has 7 heteroatoms. The third-order valence-corrected chi connectivity index (χ3v) is 3.11. The zero-order valence-corrected chi connectivity index (χ0v) is 10.8. The minimum absolute atomic E-state index is 0.251. The largest absolute Gasteiger partial charge is 0.464 e. The number of aryl methyl sites for hydroxylation is 1. The summed E-state index contributed by atoms with van der Waals surface area (Å²) >= 11 is 1.19. The molecule has 0 amide bonds. The van der Waals surface area contributed by atoms with Gasteiger partial charge in [0.1, 0.15) is 5.01 Å². The van der Waals surface area contributed by atoms with Gasteiger partial charge in [-0.2, -0.15) is 5.10 Å². The van der Waals surface area contributed by atoms with Crippen molar-refractivity contribution in [2.24, 2.45) is 0 Å². The van der Waals surface area contributed by atoms with Gasteiger partial charge in [-0.3, -0.25) is 4.68 Å². The molecule has 0 aromatic carbocycles. The van der Waals surface area contributed by atoms with Gasteiger partial charge in [-0.1, -0.05) is 11.3 Å². The van der Waals surface area contributed by atoms with Gasteiger partial charge in [-0.05, 0) is 25.1 Å². The maximum Gasteiger partial charge on any atom is 0.369 e. The number of hydrogen-bond donors (Lipinski definition) is 0. The number of aromatic nitrogens is 4. The lowest BCUT2D eigenvalue weighted by Gasteiger charge is -1.97.